The van der Waals surface area contributed by atoms with Gasteiger partial charge in [-0.25, -0.2) is 4.79 Å². The number of carbonyl (C=O) groups is 1. The maximum absolute atomic E-state index is 12.6. The largest absolute Gasteiger partial charge is 0.471 e. The van der Waals surface area contributed by atoms with E-state index in [1.807, 2.05) is 6.07 Å². The molecule has 0 N–H and O–H groups in total. The third-order valence-corrected chi connectivity index (χ3v) is 4.81. The first-order chi connectivity index (χ1) is 12.3. The molecule has 1 aliphatic carbocycles. The van der Waals surface area contributed by atoms with Crippen molar-refractivity contribution < 1.29 is 22.5 Å². The summed E-state index contributed by atoms with van der Waals surface area (Å²) in [6.45, 7) is 0.300. The average molecular weight is 385 g/mol. The van der Waals surface area contributed by atoms with Crippen LogP contribution in [0.15, 0.2) is 16.7 Å². The van der Waals surface area contributed by atoms with Crippen molar-refractivity contribution in [1.29, 1.82) is 5.26 Å². The number of thiophene rings is 1. The van der Waals surface area contributed by atoms with Crippen LogP contribution in [0.25, 0.3) is 10.7 Å². The van der Waals surface area contributed by atoms with Crippen LogP contribution in [0.4, 0.5) is 18.0 Å². The molecule has 0 radical (unpaired) electrons. The van der Waals surface area contributed by atoms with E-state index in [4.69, 9.17) is 5.26 Å². The maximum Gasteiger partial charge on any atom is 0.471 e. The molecule has 2 aromatic heterocycles. The molecule has 2 amide bonds. The second kappa shape index (κ2) is 6.95. The Morgan fingerprint density at radius 2 is 2.19 bits per heavy atom. The van der Waals surface area contributed by atoms with Gasteiger partial charge in [-0.3, -0.25) is 0 Å². The van der Waals surface area contributed by atoms with Crippen LogP contribution in [0.5, 0.6) is 0 Å². The molecule has 1 aliphatic rings. The lowest BCUT2D eigenvalue weighted by molar-refractivity contribution is -0.159. The number of nitriles is 1. The number of aromatic nitrogens is 2. The molecule has 1 saturated carbocycles. The van der Waals surface area contributed by atoms with E-state index in [0.717, 1.165) is 17.7 Å². The van der Waals surface area contributed by atoms with Gasteiger partial charge in [0.1, 0.15) is 6.54 Å². The molecule has 0 aromatic carbocycles. The minimum absolute atomic E-state index is 0.0131. The summed E-state index contributed by atoms with van der Waals surface area (Å²) in [4.78, 5) is 20.0. The lowest BCUT2D eigenvalue weighted by Gasteiger charge is -2.26. The summed E-state index contributed by atoms with van der Waals surface area (Å²) in [6, 6.07) is 5.12. The van der Waals surface area contributed by atoms with E-state index >= 15 is 0 Å². The van der Waals surface area contributed by atoms with Gasteiger partial charge in [0.05, 0.1) is 17.5 Å². The van der Waals surface area contributed by atoms with Gasteiger partial charge in [-0.2, -0.15) is 23.4 Å². The molecule has 2 heterocycles. The van der Waals surface area contributed by atoms with Gasteiger partial charge in [-0.05, 0) is 25.0 Å². The molecule has 0 spiro atoms. The van der Waals surface area contributed by atoms with Crippen molar-refractivity contribution in [3.63, 3.8) is 0 Å². The predicted octanol–water partition coefficient (Wildman–Crippen LogP) is 3.36. The van der Waals surface area contributed by atoms with E-state index < -0.39 is 12.1 Å². The third kappa shape index (κ3) is 3.96. The first-order valence-electron chi connectivity index (χ1n) is 7.68. The summed E-state index contributed by atoms with van der Waals surface area (Å²) >= 11 is 1.20. The monoisotopic (exact) mass is 385 g/mol. The molecule has 138 valence electrons. The quantitative estimate of drug-likeness (QED) is 0.737. The van der Waals surface area contributed by atoms with E-state index in [-0.39, 0.29) is 24.4 Å². The van der Waals surface area contributed by atoms with Crippen molar-refractivity contribution in [1.82, 2.24) is 19.9 Å². The summed E-state index contributed by atoms with van der Waals surface area (Å²) in [5.41, 5.74) is 0. The molecule has 1 fully saturated rings. The molecule has 2 aromatic rings. The SMILES string of the molecule is CN(CC#N)C(=O)N(Cc1ccc(-c2noc(C(F)(F)F)n2)s1)C1CC1. The van der Waals surface area contributed by atoms with Gasteiger partial charge in [0.25, 0.3) is 0 Å². The van der Waals surface area contributed by atoms with Crippen LogP contribution in [-0.4, -0.2) is 45.6 Å². The minimum atomic E-state index is -4.69. The van der Waals surface area contributed by atoms with Gasteiger partial charge in [0, 0.05) is 18.0 Å². The van der Waals surface area contributed by atoms with Crippen LogP contribution in [0.1, 0.15) is 23.6 Å². The molecule has 0 bridgehead atoms. The summed E-state index contributed by atoms with van der Waals surface area (Å²) in [5.74, 6) is -1.53. The molecule has 26 heavy (non-hydrogen) atoms. The summed E-state index contributed by atoms with van der Waals surface area (Å²) in [6.07, 6.45) is -2.90. The number of alkyl halides is 3. The van der Waals surface area contributed by atoms with Crippen molar-refractivity contribution in [3.05, 3.63) is 22.9 Å². The number of hydrogen-bond acceptors (Lipinski definition) is 6. The molecule has 0 atom stereocenters. The van der Waals surface area contributed by atoms with E-state index in [1.54, 1.807) is 24.1 Å². The molecular weight excluding hydrogens is 371 g/mol. The zero-order chi connectivity index (χ0) is 18.9. The highest BCUT2D eigenvalue weighted by Crippen LogP contribution is 2.34. The van der Waals surface area contributed by atoms with Crippen LogP contribution < -0.4 is 0 Å². The summed E-state index contributed by atoms with van der Waals surface area (Å²) < 4.78 is 41.9. The van der Waals surface area contributed by atoms with E-state index in [0.29, 0.717) is 11.4 Å². The number of amides is 2. The van der Waals surface area contributed by atoms with E-state index in [9.17, 15) is 18.0 Å². The Hall–Kier alpha value is -2.61. The number of hydrogen-bond donors (Lipinski definition) is 0. The molecule has 3 rings (SSSR count). The topological polar surface area (TPSA) is 86.3 Å². The van der Waals surface area contributed by atoms with Gasteiger partial charge >= 0.3 is 18.1 Å². The van der Waals surface area contributed by atoms with Gasteiger partial charge in [-0.15, -0.1) is 11.3 Å². The number of halogens is 3. The Kier molecular flexibility index (Phi) is 4.86. The van der Waals surface area contributed by atoms with Crippen LogP contribution in [0, 0.1) is 11.3 Å². The second-order valence-electron chi connectivity index (χ2n) is 5.84. The van der Waals surface area contributed by atoms with Crippen LogP contribution in [0.2, 0.25) is 0 Å². The standard InChI is InChI=1S/C15H14F3N5O2S/c1-22(7-6-19)14(24)23(9-2-3-9)8-10-4-5-11(26-10)12-20-13(25-21-12)15(16,17)18/h4-5,9H,2-3,7-8H2,1H3. The van der Waals surface area contributed by atoms with Crippen molar-refractivity contribution in [2.75, 3.05) is 13.6 Å². The van der Waals surface area contributed by atoms with Crippen molar-refractivity contribution in [3.8, 4) is 16.8 Å². The molecule has 0 unspecified atom stereocenters. The fourth-order valence-corrected chi connectivity index (χ4v) is 3.25. The van der Waals surface area contributed by atoms with Gasteiger partial charge in [0.15, 0.2) is 0 Å². The van der Waals surface area contributed by atoms with Gasteiger partial charge in [-0.1, -0.05) is 5.16 Å². The fraction of sp³-hybridized carbons (Fsp3) is 0.467. The normalized spacial score (nSPS) is 14.1. The smallest absolute Gasteiger partial charge is 0.329 e. The Labute approximate surface area is 150 Å². The first kappa shape index (κ1) is 18.2. The fourth-order valence-electron chi connectivity index (χ4n) is 2.32. The molecule has 7 nitrogen and oxygen atoms in total. The van der Waals surface area contributed by atoms with Crippen molar-refractivity contribution >= 4 is 17.4 Å². The van der Waals surface area contributed by atoms with Crippen molar-refractivity contribution in [2.24, 2.45) is 0 Å². The molecular formula is C15H14F3N5O2S. The summed E-state index contributed by atoms with van der Waals surface area (Å²) in [7, 11) is 1.55. The minimum Gasteiger partial charge on any atom is -0.329 e. The van der Waals surface area contributed by atoms with Gasteiger partial charge in [0.2, 0.25) is 5.82 Å². The Balaban J connectivity index is 1.73. The van der Waals surface area contributed by atoms with Crippen molar-refractivity contribution in [2.45, 2.75) is 31.6 Å². The summed E-state index contributed by atoms with van der Waals surface area (Å²) in [5, 5.41) is 12.1. The lowest BCUT2D eigenvalue weighted by Crippen LogP contribution is -2.42. The van der Waals surface area contributed by atoms with E-state index in [2.05, 4.69) is 14.7 Å². The Morgan fingerprint density at radius 3 is 2.77 bits per heavy atom. The Bertz CT molecular complexity index is 837. The van der Waals surface area contributed by atoms with Crippen LogP contribution >= 0.6 is 11.3 Å². The maximum atomic E-state index is 12.6. The number of nitrogens with zero attached hydrogens (tertiary/aromatic N) is 5. The highest BCUT2D eigenvalue weighted by molar-refractivity contribution is 7.15. The zero-order valence-electron chi connectivity index (χ0n) is 13.7. The number of urea groups is 1. The number of rotatable bonds is 5. The number of carbonyl (C=O) groups excluding carboxylic acids is 1. The lowest BCUT2D eigenvalue weighted by atomic mass is 10.3. The third-order valence-electron chi connectivity index (χ3n) is 3.74. The average Bonchev–Trinajstić information content (AvgIpc) is 3.10. The first-order valence-corrected chi connectivity index (χ1v) is 8.50. The highest BCUT2D eigenvalue weighted by atomic mass is 32.1. The molecule has 11 heteroatoms. The Morgan fingerprint density at radius 1 is 1.46 bits per heavy atom. The zero-order valence-corrected chi connectivity index (χ0v) is 14.5. The highest BCUT2D eigenvalue weighted by Gasteiger charge is 2.39. The molecule has 0 aliphatic heterocycles. The van der Waals surface area contributed by atoms with Gasteiger partial charge < -0.3 is 14.3 Å². The molecule has 0 saturated heterocycles. The van der Waals surface area contributed by atoms with E-state index in [1.165, 1.54) is 16.2 Å². The van der Waals surface area contributed by atoms with Crippen LogP contribution in [0.3, 0.4) is 0 Å². The van der Waals surface area contributed by atoms with Crippen LogP contribution in [-0.2, 0) is 12.7 Å². The second-order valence-corrected chi connectivity index (χ2v) is 7.01. The predicted molar refractivity (Wildman–Crippen MR) is 84.8 cm³/mol.